The Morgan fingerprint density at radius 3 is 1.78 bits per heavy atom. The number of Topliss-reactive ketones (excluding diaryl/α,β-unsaturated/α-hetero) is 4. The Morgan fingerprint density at radius 1 is 0.736 bits per heavy atom. The Kier molecular flexibility index (Phi) is 27.3. The maximum absolute atomic E-state index is 14.8. The van der Waals surface area contributed by atoms with Gasteiger partial charge in [0.15, 0.2) is 23.1 Å². The molecule has 0 radical (unpaired) electrons. The molecule has 0 spiro atoms. The molecule has 5 aromatic carbocycles. The van der Waals surface area contributed by atoms with Crippen LogP contribution in [0.15, 0.2) is 131 Å². The molecule has 7 rings (SSSR count). The molecule has 16 nitrogen and oxygen atoms in total. The number of allylic oxidation sites excluding steroid dienone is 2. The number of fused-ring (bicyclic) bond motifs is 5. The highest BCUT2D eigenvalue weighted by atomic mass is 79.9. The van der Waals surface area contributed by atoms with Crippen LogP contribution in [0.3, 0.4) is 0 Å². The van der Waals surface area contributed by atoms with Gasteiger partial charge in [0.2, 0.25) is 17.6 Å². The minimum Gasteiger partial charge on any atom is -0.492 e. The van der Waals surface area contributed by atoms with Crippen LogP contribution in [-0.2, 0) is 25.6 Å². The number of hydrogen-bond acceptors (Lipinski definition) is 14. The first-order valence-corrected chi connectivity index (χ1v) is 30.1. The van der Waals surface area contributed by atoms with Gasteiger partial charge in [-0.2, -0.15) is 5.26 Å². The predicted octanol–water partition coefficient (Wildman–Crippen LogP) is 11.2. The lowest BCUT2D eigenvalue weighted by Gasteiger charge is -2.32. The molecule has 2 amide bonds. The number of aromatic nitrogens is 2. The van der Waals surface area contributed by atoms with Gasteiger partial charge in [0.05, 0.1) is 29.1 Å². The largest absolute Gasteiger partial charge is 0.492 e. The van der Waals surface area contributed by atoms with Gasteiger partial charge in [0, 0.05) is 88.9 Å². The molecule has 1 aromatic heterocycles. The van der Waals surface area contributed by atoms with E-state index in [1.165, 1.54) is 17.5 Å². The van der Waals surface area contributed by atoms with E-state index < -0.39 is 41.5 Å². The monoisotopic (exact) mass is 1300 g/mol. The number of benzene rings is 5. The number of halogens is 2. The van der Waals surface area contributed by atoms with Crippen LogP contribution < -0.4 is 32.0 Å². The molecule has 87 heavy (non-hydrogen) atoms. The van der Waals surface area contributed by atoms with Gasteiger partial charge in [-0.25, -0.2) is 9.97 Å². The van der Waals surface area contributed by atoms with Crippen molar-refractivity contribution < 1.29 is 38.2 Å². The summed E-state index contributed by atoms with van der Waals surface area (Å²) in [6.07, 6.45) is -0.472. The van der Waals surface area contributed by atoms with Crippen molar-refractivity contribution in [3.8, 4) is 40.5 Å². The van der Waals surface area contributed by atoms with E-state index in [1.54, 1.807) is 70.2 Å². The van der Waals surface area contributed by atoms with E-state index >= 15 is 0 Å². The molecule has 7 N–H and O–H groups in total. The third-order valence-electron chi connectivity index (χ3n) is 14.2. The number of aryl methyl sites for hydroxylation is 2. The van der Waals surface area contributed by atoms with Crippen molar-refractivity contribution in [3.05, 3.63) is 187 Å². The van der Waals surface area contributed by atoms with Crippen LogP contribution in [0.25, 0.3) is 22.3 Å². The number of nitrogens with zero attached hydrogens (tertiary/aromatic N) is 4. The Morgan fingerprint density at radius 2 is 1.26 bits per heavy atom. The molecule has 0 saturated carbocycles. The average Bonchev–Trinajstić information content (AvgIpc) is 1.50. The van der Waals surface area contributed by atoms with Crippen LogP contribution in [0.1, 0.15) is 132 Å². The molecular weight excluding hydrogens is 1230 g/mol. The summed E-state index contributed by atoms with van der Waals surface area (Å²) in [7, 11) is 1.49. The second-order valence-electron chi connectivity index (χ2n) is 21.1. The maximum Gasteiger partial charge on any atom is 0.226 e. The molecule has 1 aliphatic heterocycles. The van der Waals surface area contributed by atoms with Gasteiger partial charge in [0.25, 0.3) is 0 Å². The van der Waals surface area contributed by atoms with Crippen molar-refractivity contribution in [2.75, 3.05) is 39.9 Å². The molecule has 18 heteroatoms. The van der Waals surface area contributed by atoms with Crippen LogP contribution in [0.2, 0.25) is 0 Å². The van der Waals surface area contributed by atoms with Crippen molar-refractivity contribution in [3.63, 3.8) is 0 Å². The highest BCUT2D eigenvalue weighted by Crippen LogP contribution is 2.41. The number of amides is 2. The number of ketones is 4. The Labute approximate surface area is 527 Å². The number of nitrogens with two attached hydrogens (primary N) is 3. The molecule has 454 valence electrons. The lowest BCUT2D eigenvalue weighted by Crippen LogP contribution is -2.46. The minimum atomic E-state index is -1.25. The number of hydrogen-bond donors (Lipinski definition) is 4. The van der Waals surface area contributed by atoms with Crippen molar-refractivity contribution in [1.82, 2.24) is 20.2 Å². The summed E-state index contributed by atoms with van der Waals surface area (Å²) in [4.78, 5) is 92.1. The number of carbonyl (C=O) groups is 6. The predicted molar refractivity (Wildman–Crippen MR) is 349 cm³/mol. The van der Waals surface area contributed by atoms with E-state index in [0.29, 0.717) is 45.1 Å². The van der Waals surface area contributed by atoms with Gasteiger partial charge in [-0.05, 0) is 143 Å². The number of nitrogens with one attached hydrogen (secondary N) is 1. The molecule has 4 bridgehead atoms. The zero-order valence-corrected chi connectivity index (χ0v) is 53.6. The highest BCUT2D eigenvalue weighted by Gasteiger charge is 2.36. The molecule has 0 aliphatic carbocycles. The molecule has 2 heterocycles. The molecule has 4 atom stereocenters. The smallest absolute Gasteiger partial charge is 0.226 e. The third-order valence-corrected chi connectivity index (χ3v) is 15.2. The van der Waals surface area contributed by atoms with E-state index in [1.807, 2.05) is 86.6 Å². The fourth-order valence-corrected chi connectivity index (χ4v) is 10.1. The summed E-state index contributed by atoms with van der Waals surface area (Å²) >= 11 is 6.65. The summed E-state index contributed by atoms with van der Waals surface area (Å²) in [5, 5.41) is 12.1. The lowest BCUT2D eigenvalue weighted by atomic mass is 9.88. The van der Waals surface area contributed by atoms with Gasteiger partial charge in [-0.15, -0.1) is 0 Å². The first-order chi connectivity index (χ1) is 41.5. The number of nitriles is 1. The molecule has 1 aliphatic rings. The fraction of sp³-hybridized carbons (Fsp3) is 0.319. The van der Waals surface area contributed by atoms with E-state index in [-0.39, 0.29) is 100 Å². The standard InChI is InChI=1S/C52H60N8O7.C9H9Br.C8H7BrO/c1-31(2)37-13-9-35(10-14-37)12-18-48-57-33(4)49(34(5)58-48)44(62)30-39(19-21-54)52(65)60(6)50-38-15-17-47(67-25-23-56)41(29-38)40-27-36(11-16-46(40)66-24-22-55)28-42(43(61)8-7-20-53)59-51(64)32(3)26-45(50)63;1-7(2)8-3-5-9(10)6-4-8;1-6(10)7-2-4-8(9)5-3-7/h9-11,13-17,27,29,32,39,42,50H,1,7-8,19,21-26,28,30,54-56H2,2-6H3,(H,59,64);3-6H,1H2,2H3;2-5H,1H3/t32-,39-,42+,50+;;/m1../s1. The second kappa shape index (κ2) is 34.2. The van der Waals surface area contributed by atoms with Gasteiger partial charge >= 0.3 is 0 Å². The Hall–Kier alpha value is -8.23. The van der Waals surface area contributed by atoms with Crippen LogP contribution in [-0.4, -0.2) is 95.8 Å². The molecule has 0 unspecified atom stereocenters. The fourth-order valence-electron chi connectivity index (χ4n) is 9.53. The number of ether oxygens (including phenoxy) is 2. The summed E-state index contributed by atoms with van der Waals surface area (Å²) < 4.78 is 14.4. The van der Waals surface area contributed by atoms with E-state index in [0.717, 1.165) is 36.8 Å². The normalized spacial score (nSPS) is 14.7. The van der Waals surface area contributed by atoms with Crippen molar-refractivity contribution in [2.45, 2.75) is 92.2 Å². The third kappa shape index (κ3) is 20.4. The van der Waals surface area contributed by atoms with Crippen molar-refractivity contribution in [1.29, 1.82) is 5.26 Å². The lowest BCUT2D eigenvalue weighted by molar-refractivity contribution is -0.142. The van der Waals surface area contributed by atoms with Crippen LogP contribution >= 0.6 is 31.9 Å². The van der Waals surface area contributed by atoms with E-state index in [9.17, 15) is 34.0 Å². The summed E-state index contributed by atoms with van der Waals surface area (Å²) in [6, 6.07) is 33.2. The zero-order valence-electron chi connectivity index (χ0n) is 50.4. The molecule has 0 fully saturated rings. The molecule has 6 aromatic rings. The van der Waals surface area contributed by atoms with Gasteiger partial charge < -0.3 is 36.9 Å². The van der Waals surface area contributed by atoms with Crippen molar-refractivity contribution in [2.24, 2.45) is 29.0 Å². The quantitative estimate of drug-likeness (QED) is 0.0434. The van der Waals surface area contributed by atoms with Crippen LogP contribution in [0.5, 0.6) is 11.5 Å². The zero-order chi connectivity index (χ0) is 63.9. The maximum atomic E-state index is 14.8. The van der Waals surface area contributed by atoms with Crippen molar-refractivity contribution >= 4 is 78.0 Å². The van der Waals surface area contributed by atoms with E-state index in [2.05, 4.69) is 72.1 Å². The number of rotatable bonds is 19. The van der Waals surface area contributed by atoms with Crippen LogP contribution in [0.4, 0.5) is 0 Å². The second-order valence-corrected chi connectivity index (χ2v) is 23.0. The Bertz CT molecular complexity index is 3490. The minimum absolute atomic E-state index is 0.0367. The Balaban J connectivity index is 0.000000578. The molecule has 0 saturated heterocycles. The summed E-state index contributed by atoms with van der Waals surface area (Å²) in [5.74, 6) is 3.10. The van der Waals surface area contributed by atoms with Gasteiger partial charge in [0.1, 0.15) is 30.8 Å². The first kappa shape index (κ1) is 69.5. The summed E-state index contributed by atoms with van der Waals surface area (Å²) in [5.41, 5.74) is 26.7. The average molecular weight is 1310 g/mol. The number of likely N-dealkylation sites (N-methyl/N-ethyl adjacent to an activating group) is 1. The highest BCUT2D eigenvalue weighted by molar-refractivity contribution is 9.10. The van der Waals surface area contributed by atoms with Crippen LogP contribution in [0, 0.1) is 48.9 Å². The first-order valence-electron chi connectivity index (χ1n) is 28.5. The van der Waals surface area contributed by atoms with E-state index in [4.69, 9.17) is 26.7 Å². The number of carbonyl (C=O) groups excluding carboxylic acids is 6. The topological polar surface area (TPSA) is 264 Å². The molecular formula is C69H76Br2N8O8. The van der Waals surface area contributed by atoms with Gasteiger partial charge in [-0.1, -0.05) is 118 Å². The SMILES string of the molecule is C=C(C)c1ccc(Br)cc1.C=C(C)c1ccc(C#Cc2nc(C)c(C(=O)C[C@@H](CCN)C(=O)N(C)[C@@H]3C(=O)C[C@@H](C)C(=O)N[C@H](C(=O)CCC#N)Cc4ccc(OCCN)c(c4)-c4cc3ccc4OCCN)c(C)n2)cc1.CC(=O)c1ccc(Br)cc1. The van der Waals surface area contributed by atoms with Gasteiger partial charge in [-0.3, -0.25) is 28.8 Å². The summed E-state index contributed by atoms with van der Waals surface area (Å²) in [6.45, 7) is 19.1.